The van der Waals surface area contributed by atoms with Gasteiger partial charge in [0.15, 0.2) is 0 Å². The second-order valence-electron chi connectivity index (χ2n) is 8.70. The van der Waals surface area contributed by atoms with Gasteiger partial charge in [-0.05, 0) is 40.8 Å². The van der Waals surface area contributed by atoms with Crippen LogP contribution in [0.5, 0.6) is 5.75 Å². The van der Waals surface area contributed by atoms with Crippen LogP contribution in [0.4, 0.5) is 4.79 Å². The number of nitrogens with one attached hydrogen (secondary N) is 1. The van der Waals surface area contributed by atoms with E-state index in [1.165, 1.54) is 17.7 Å². The number of phenols is 1. The third-order valence-corrected chi connectivity index (χ3v) is 5.20. The van der Waals surface area contributed by atoms with Gasteiger partial charge in [-0.3, -0.25) is 4.79 Å². The number of benzene rings is 2. The number of rotatable bonds is 5. The third kappa shape index (κ3) is 6.46. The monoisotopic (exact) mass is 426 g/mol. The molecule has 2 aromatic rings. The van der Waals surface area contributed by atoms with Crippen molar-refractivity contribution in [2.45, 2.75) is 38.9 Å². The molecule has 0 bridgehead atoms. The first-order chi connectivity index (χ1) is 14.7. The number of carbonyl (C=O) groups is 2. The largest absolute Gasteiger partial charge is 0.508 e. The fraction of sp³-hybridized carbons (Fsp3) is 0.417. The van der Waals surface area contributed by atoms with Gasteiger partial charge in [-0.2, -0.15) is 0 Å². The number of aromatic hydroxyl groups is 1. The average molecular weight is 427 g/mol. The lowest BCUT2D eigenvalue weighted by molar-refractivity contribution is -0.0263. The van der Waals surface area contributed by atoms with Crippen molar-refractivity contribution in [3.63, 3.8) is 0 Å². The zero-order valence-electron chi connectivity index (χ0n) is 18.3. The molecule has 7 heteroatoms. The van der Waals surface area contributed by atoms with Crippen molar-refractivity contribution >= 4 is 12.0 Å². The fourth-order valence-electron chi connectivity index (χ4n) is 3.27. The van der Waals surface area contributed by atoms with Crippen LogP contribution in [0.25, 0.3) is 0 Å². The molecule has 3 rings (SSSR count). The molecule has 1 saturated heterocycles. The number of hydrogen-bond donors (Lipinski definition) is 2. The zero-order chi connectivity index (χ0) is 22.4. The van der Waals surface area contributed by atoms with Crippen molar-refractivity contribution in [3.8, 4) is 5.75 Å². The molecule has 1 atom stereocenters. The number of amides is 2. The minimum absolute atomic E-state index is 0.0791. The molecule has 2 N–H and O–H groups in total. The maximum atomic E-state index is 12.5. The van der Waals surface area contributed by atoms with Gasteiger partial charge in [-0.1, -0.05) is 45.0 Å². The van der Waals surface area contributed by atoms with E-state index in [0.717, 1.165) is 5.56 Å². The zero-order valence-corrected chi connectivity index (χ0v) is 18.3. The Morgan fingerprint density at radius 1 is 1.13 bits per heavy atom. The molecule has 2 aromatic carbocycles. The molecule has 1 heterocycles. The maximum absolute atomic E-state index is 12.5. The highest BCUT2D eigenvalue weighted by Gasteiger charge is 2.26. The van der Waals surface area contributed by atoms with Crippen molar-refractivity contribution in [1.29, 1.82) is 0 Å². The average Bonchev–Trinajstić information content (AvgIpc) is 2.76. The summed E-state index contributed by atoms with van der Waals surface area (Å²) < 4.78 is 11.1. The van der Waals surface area contributed by atoms with E-state index >= 15 is 0 Å². The molecule has 0 aliphatic carbocycles. The Kier molecular flexibility index (Phi) is 7.17. The molecule has 0 aromatic heterocycles. The van der Waals surface area contributed by atoms with E-state index < -0.39 is 6.09 Å². The smallest absolute Gasteiger partial charge is 0.410 e. The van der Waals surface area contributed by atoms with Gasteiger partial charge in [-0.25, -0.2) is 4.79 Å². The Labute approximate surface area is 183 Å². The van der Waals surface area contributed by atoms with Gasteiger partial charge in [-0.15, -0.1) is 0 Å². The van der Waals surface area contributed by atoms with Crippen LogP contribution in [0.15, 0.2) is 48.5 Å². The molecule has 7 nitrogen and oxygen atoms in total. The highest BCUT2D eigenvalue weighted by Crippen LogP contribution is 2.22. The molecule has 166 valence electrons. The third-order valence-electron chi connectivity index (χ3n) is 5.20. The van der Waals surface area contributed by atoms with Crippen LogP contribution in [0, 0.1) is 0 Å². The van der Waals surface area contributed by atoms with Gasteiger partial charge in [0.05, 0.1) is 19.3 Å². The van der Waals surface area contributed by atoms with Crippen molar-refractivity contribution < 1.29 is 24.2 Å². The predicted octanol–water partition coefficient (Wildman–Crippen LogP) is 3.46. The molecule has 0 spiro atoms. The van der Waals surface area contributed by atoms with Crippen LogP contribution in [-0.2, 0) is 21.5 Å². The highest BCUT2D eigenvalue weighted by molar-refractivity contribution is 5.94. The normalized spacial score (nSPS) is 16.6. The quantitative estimate of drug-likeness (QED) is 0.765. The fourth-order valence-corrected chi connectivity index (χ4v) is 3.27. The van der Waals surface area contributed by atoms with E-state index in [1.54, 1.807) is 17.0 Å². The molecular weight excluding hydrogens is 396 g/mol. The SMILES string of the molecule is CC(C)(C)c1ccc(COC(=O)N2CCOC(CNC(=O)c3ccc(O)cc3)C2)cc1. The van der Waals surface area contributed by atoms with E-state index in [4.69, 9.17) is 9.47 Å². The van der Waals surface area contributed by atoms with Crippen LogP contribution in [0.3, 0.4) is 0 Å². The number of ether oxygens (including phenoxy) is 2. The van der Waals surface area contributed by atoms with Crippen LogP contribution in [-0.4, -0.2) is 54.4 Å². The van der Waals surface area contributed by atoms with Crippen LogP contribution >= 0.6 is 0 Å². The van der Waals surface area contributed by atoms with Gasteiger partial charge in [0.1, 0.15) is 12.4 Å². The van der Waals surface area contributed by atoms with Gasteiger partial charge >= 0.3 is 6.09 Å². The minimum atomic E-state index is -0.391. The van der Waals surface area contributed by atoms with Crippen molar-refractivity contribution in [2.75, 3.05) is 26.2 Å². The predicted molar refractivity (Wildman–Crippen MR) is 117 cm³/mol. The minimum Gasteiger partial charge on any atom is -0.508 e. The van der Waals surface area contributed by atoms with Crippen LogP contribution in [0.1, 0.15) is 42.3 Å². The van der Waals surface area contributed by atoms with E-state index in [9.17, 15) is 14.7 Å². The Hall–Kier alpha value is -3.06. The Morgan fingerprint density at radius 2 is 1.81 bits per heavy atom. The highest BCUT2D eigenvalue weighted by atomic mass is 16.6. The molecule has 31 heavy (non-hydrogen) atoms. The van der Waals surface area contributed by atoms with Crippen LogP contribution < -0.4 is 5.32 Å². The molecule has 1 fully saturated rings. The van der Waals surface area contributed by atoms with Gasteiger partial charge in [0.25, 0.3) is 5.91 Å². The Balaban J connectivity index is 1.45. The molecular formula is C24H30N2O5. The van der Waals surface area contributed by atoms with E-state index in [2.05, 4.69) is 38.2 Å². The number of nitrogens with zero attached hydrogens (tertiary/aromatic N) is 1. The summed E-state index contributed by atoms with van der Waals surface area (Å²) >= 11 is 0. The summed E-state index contributed by atoms with van der Waals surface area (Å²) in [6.07, 6.45) is -0.702. The lowest BCUT2D eigenvalue weighted by Gasteiger charge is -2.32. The number of morpholine rings is 1. The van der Waals surface area contributed by atoms with E-state index in [-0.39, 0.29) is 36.3 Å². The topological polar surface area (TPSA) is 88.1 Å². The summed E-state index contributed by atoms with van der Waals surface area (Å²) in [7, 11) is 0. The lowest BCUT2D eigenvalue weighted by Crippen LogP contribution is -2.49. The molecule has 1 unspecified atom stereocenters. The van der Waals surface area contributed by atoms with Gasteiger partial charge < -0.3 is 24.8 Å². The van der Waals surface area contributed by atoms with Crippen molar-refractivity contribution in [1.82, 2.24) is 10.2 Å². The van der Waals surface area contributed by atoms with Crippen molar-refractivity contribution in [3.05, 3.63) is 65.2 Å². The second-order valence-corrected chi connectivity index (χ2v) is 8.70. The summed E-state index contributed by atoms with van der Waals surface area (Å²) in [4.78, 5) is 26.3. The second kappa shape index (κ2) is 9.83. The standard InChI is InChI=1S/C24H30N2O5/c1-24(2,3)19-8-4-17(5-9-19)16-31-23(29)26-12-13-30-21(15-26)14-25-22(28)18-6-10-20(27)11-7-18/h4-11,21,27H,12-16H2,1-3H3,(H,25,28). The van der Waals surface area contributed by atoms with Gasteiger partial charge in [0, 0.05) is 18.7 Å². The molecule has 0 radical (unpaired) electrons. The van der Waals surface area contributed by atoms with Crippen molar-refractivity contribution in [2.24, 2.45) is 0 Å². The summed E-state index contributed by atoms with van der Waals surface area (Å²) in [5, 5.41) is 12.1. The first kappa shape index (κ1) is 22.6. The summed E-state index contributed by atoms with van der Waals surface area (Å²) in [5.41, 5.74) is 2.69. The molecule has 1 aliphatic heterocycles. The summed E-state index contributed by atoms with van der Waals surface area (Å²) in [6, 6.07) is 14.1. The first-order valence-corrected chi connectivity index (χ1v) is 10.4. The van der Waals surface area contributed by atoms with E-state index in [0.29, 0.717) is 25.3 Å². The van der Waals surface area contributed by atoms with Gasteiger partial charge in [0.2, 0.25) is 0 Å². The van der Waals surface area contributed by atoms with Crippen LogP contribution in [0.2, 0.25) is 0 Å². The number of hydrogen-bond acceptors (Lipinski definition) is 5. The number of phenolic OH excluding ortho intramolecular Hbond substituents is 1. The maximum Gasteiger partial charge on any atom is 0.410 e. The first-order valence-electron chi connectivity index (χ1n) is 10.4. The number of carbonyl (C=O) groups excluding carboxylic acids is 2. The molecule has 0 saturated carbocycles. The molecule has 2 amide bonds. The molecule has 1 aliphatic rings. The van der Waals surface area contributed by atoms with E-state index in [1.807, 2.05) is 12.1 Å². The summed E-state index contributed by atoms with van der Waals surface area (Å²) in [5.74, 6) is -0.159. The Bertz CT molecular complexity index is 888. The Morgan fingerprint density at radius 3 is 2.45 bits per heavy atom. The lowest BCUT2D eigenvalue weighted by atomic mass is 9.87. The summed E-state index contributed by atoms with van der Waals surface area (Å²) in [6.45, 7) is 8.13.